The molecule has 9 nitrogen and oxygen atoms in total. The summed E-state index contributed by atoms with van der Waals surface area (Å²) in [7, 11) is -4.35. The summed E-state index contributed by atoms with van der Waals surface area (Å²) in [6.07, 6.45) is 0. The first-order chi connectivity index (χ1) is 9.70. The number of carbonyl (C=O) groups is 2. The van der Waals surface area contributed by atoms with Gasteiger partial charge in [-0.15, -0.1) is 0 Å². The first kappa shape index (κ1) is 14.7. The van der Waals surface area contributed by atoms with Gasteiger partial charge >= 0.3 is 11.9 Å². The number of carboxylic acids is 2. The minimum absolute atomic E-state index is 0.0494. The van der Waals surface area contributed by atoms with Gasteiger partial charge in [-0.25, -0.2) is 14.6 Å². The Hall–Kier alpha value is -2.72. The number of aromatic amines is 1. The standard InChI is InChI=1S/C11H8N2O7S/c14-10(15)7-8(11(16)17)13-9(12-7)5-1-3-6(4-2-5)21(18,19)20/h1-4H,(H,12,13)(H,14,15)(H,16,17)(H,18,19,20). The number of nitrogens with one attached hydrogen (secondary N) is 1. The Labute approximate surface area is 117 Å². The van der Waals surface area contributed by atoms with Crippen LogP contribution >= 0.6 is 0 Å². The van der Waals surface area contributed by atoms with Crippen LogP contribution in [0.2, 0.25) is 0 Å². The third-order valence-electron chi connectivity index (χ3n) is 2.55. The molecule has 4 N–H and O–H groups in total. The molecule has 0 radical (unpaired) electrons. The summed E-state index contributed by atoms with van der Waals surface area (Å²) in [5, 5.41) is 17.7. The van der Waals surface area contributed by atoms with Gasteiger partial charge in [0.25, 0.3) is 10.1 Å². The molecule has 0 saturated carbocycles. The molecule has 0 unspecified atom stereocenters. The van der Waals surface area contributed by atoms with Crippen LogP contribution in [0.4, 0.5) is 0 Å². The number of benzene rings is 1. The van der Waals surface area contributed by atoms with E-state index in [4.69, 9.17) is 14.8 Å². The zero-order valence-corrected chi connectivity index (χ0v) is 11.0. The van der Waals surface area contributed by atoms with Crippen molar-refractivity contribution >= 4 is 22.1 Å². The zero-order valence-electron chi connectivity index (χ0n) is 10.1. The molecule has 2 rings (SSSR count). The van der Waals surface area contributed by atoms with Gasteiger partial charge in [-0.3, -0.25) is 4.55 Å². The van der Waals surface area contributed by atoms with Gasteiger partial charge in [-0.2, -0.15) is 8.42 Å². The van der Waals surface area contributed by atoms with Crippen LogP contribution in [0.1, 0.15) is 21.0 Å². The van der Waals surface area contributed by atoms with E-state index < -0.39 is 33.4 Å². The fraction of sp³-hybridized carbons (Fsp3) is 0. The molecule has 0 aliphatic carbocycles. The lowest BCUT2D eigenvalue weighted by Crippen LogP contribution is -2.07. The molecule has 0 bridgehead atoms. The highest BCUT2D eigenvalue weighted by atomic mass is 32.2. The monoisotopic (exact) mass is 312 g/mol. The average Bonchev–Trinajstić information content (AvgIpc) is 2.83. The molecular weight excluding hydrogens is 304 g/mol. The van der Waals surface area contributed by atoms with Crippen LogP contribution in [0.15, 0.2) is 29.2 Å². The second kappa shape index (κ2) is 5.00. The molecule has 2 aromatic rings. The number of aromatic nitrogens is 2. The van der Waals surface area contributed by atoms with Crippen LogP contribution in [0.3, 0.4) is 0 Å². The lowest BCUT2D eigenvalue weighted by atomic mass is 10.2. The van der Waals surface area contributed by atoms with Crippen molar-refractivity contribution in [3.63, 3.8) is 0 Å². The predicted molar refractivity (Wildman–Crippen MR) is 67.8 cm³/mol. The maximum Gasteiger partial charge on any atom is 0.357 e. The quantitative estimate of drug-likeness (QED) is 0.601. The van der Waals surface area contributed by atoms with Crippen LogP contribution in [-0.2, 0) is 10.1 Å². The predicted octanol–water partition coefficient (Wildman–Crippen LogP) is 0.720. The van der Waals surface area contributed by atoms with Crippen molar-refractivity contribution in [2.24, 2.45) is 0 Å². The van der Waals surface area contributed by atoms with Crippen molar-refractivity contribution in [2.45, 2.75) is 4.90 Å². The molecule has 1 heterocycles. The average molecular weight is 312 g/mol. The topological polar surface area (TPSA) is 158 Å². The molecule has 1 aromatic carbocycles. The van der Waals surface area contributed by atoms with Crippen molar-refractivity contribution in [1.82, 2.24) is 9.97 Å². The molecule has 0 spiro atoms. The van der Waals surface area contributed by atoms with Gasteiger partial charge in [0.2, 0.25) is 0 Å². The highest BCUT2D eigenvalue weighted by Gasteiger charge is 2.22. The van der Waals surface area contributed by atoms with Crippen molar-refractivity contribution in [3.8, 4) is 11.4 Å². The number of carboxylic acid groups (broad SMARTS) is 2. The minimum atomic E-state index is -4.35. The van der Waals surface area contributed by atoms with Gasteiger partial charge in [0.15, 0.2) is 11.4 Å². The minimum Gasteiger partial charge on any atom is -0.477 e. The number of aromatic carboxylic acids is 2. The molecule has 21 heavy (non-hydrogen) atoms. The summed E-state index contributed by atoms with van der Waals surface area (Å²) in [5.41, 5.74) is -0.981. The van der Waals surface area contributed by atoms with E-state index in [2.05, 4.69) is 9.97 Å². The van der Waals surface area contributed by atoms with E-state index >= 15 is 0 Å². The fourth-order valence-corrected chi connectivity index (χ4v) is 2.08. The number of hydrogen-bond acceptors (Lipinski definition) is 5. The summed E-state index contributed by atoms with van der Waals surface area (Å²) >= 11 is 0. The van der Waals surface area contributed by atoms with Gasteiger partial charge in [0, 0.05) is 5.56 Å². The molecule has 0 saturated heterocycles. The lowest BCUT2D eigenvalue weighted by molar-refractivity contribution is 0.0644. The highest BCUT2D eigenvalue weighted by Crippen LogP contribution is 2.20. The van der Waals surface area contributed by atoms with Crippen molar-refractivity contribution in [3.05, 3.63) is 35.7 Å². The second-order valence-corrected chi connectivity index (χ2v) is 5.34. The Morgan fingerprint density at radius 1 is 1.05 bits per heavy atom. The third kappa shape index (κ3) is 2.90. The fourth-order valence-electron chi connectivity index (χ4n) is 1.60. The first-order valence-electron chi connectivity index (χ1n) is 5.34. The number of hydrogen-bond donors (Lipinski definition) is 4. The van der Waals surface area contributed by atoms with Gasteiger partial charge in [-0.1, -0.05) is 0 Å². The van der Waals surface area contributed by atoms with E-state index in [1.807, 2.05) is 0 Å². The summed E-state index contributed by atoms with van der Waals surface area (Å²) < 4.78 is 30.6. The van der Waals surface area contributed by atoms with E-state index in [1.54, 1.807) is 0 Å². The van der Waals surface area contributed by atoms with Crippen LogP contribution in [0.25, 0.3) is 11.4 Å². The molecule has 1 aromatic heterocycles. The Morgan fingerprint density at radius 2 is 1.62 bits per heavy atom. The van der Waals surface area contributed by atoms with E-state index in [1.165, 1.54) is 12.1 Å². The second-order valence-electron chi connectivity index (χ2n) is 3.92. The van der Waals surface area contributed by atoms with Crippen molar-refractivity contribution < 1.29 is 32.8 Å². The first-order valence-corrected chi connectivity index (χ1v) is 6.78. The molecule has 0 aliphatic heterocycles. The van der Waals surface area contributed by atoms with E-state index in [-0.39, 0.29) is 16.3 Å². The maximum absolute atomic E-state index is 10.9. The highest BCUT2D eigenvalue weighted by molar-refractivity contribution is 7.85. The van der Waals surface area contributed by atoms with E-state index in [0.717, 1.165) is 12.1 Å². The summed E-state index contributed by atoms with van der Waals surface area (Å²) in [4.78, 5) is 27.4. The molecule has 110 valence electrons. The van der Waals surface area contributed by atoms with Crippen LogP contribution in [0.5, 0.6) is 0 Å². The van der Waals surface area contributed by atoms with E-state index in [9.17, 15) is 18.0 Å². The number of rotatable bonds is 4. The van der Waals surface area contributed by atoms with Crippen molar-refractivity contribution in [1.29, 1.82) is 0 Å². The van der Waals surface area contributed by atoms with Gasteiger partial charge in [-0.05, 0) is 24.3 Å². The van der Waals surface area contributed by atoms with Gasteiger partial charge < -0.3 is 15.2 Å². The Kier molecular flexibility index (Phi) is 3.49. The summed E-state index contributed by atoms with van der Waals surface area (Å²) in [5.74, 6) is -3.04. The lowest BCUT2D eigenvalue weighted by Gasteiger charge is -1.99. The van der Waals surface area contributed by atoms with Crippen LogP contribution in [-0.4, -0.2) is 45.1 Å². The SMILES string of the molecule is O=C(O)c1nc(-c2ccc(S(=O)(=O)O)cc2)[nH]c1C(=O)O. The molecular formula is C11H8N2O7S. The van der Waals surface area contributed by atoms with Gasteiger partial charge in [0.1, 0.15) is 5.82 Å². The normalized spacial score (nSPS) is 11.3. The number of imidazole rings is 1. The molecule has 10 heteroatoms. The molecule has 0 atom stereocenters. The van der Waals surface area contributed by atoms with Crippen molar-refractivity contribution in [2.75, 3.05) is 0 Å². The maximum atomic E-state index is 10.9. The number of H-pyrrole nitrogens is 1. The Balaban J connectivity index is 2.50. The van der Waals surface area contributed by atoms with E-state index in [0.29, 0.717) is 0 Å². The van der Waals surface area contributed by atoms with Crippen LogP contribution < -0.4 is 0 Å². The Bertz CT molecular complexity index is 789. The number of nitrogens with zero attached hydrogens (tertiary/aromatic N) is 1. The largest absolute Gasteiger partial charge is 0.477 e. The molecule has 0 fully saturated rings. The summed E-state index contributed by atoms with van der Waals surface area (Å²) in [6, 6.07) is 4.65. The summed E-state index contributed by atoms with van der Waals surface area (Å²) in [6.45, 7) is 0. The zero-order chi connectivity index (χ0) is 15.8. The van der Waals surface area contributed by atoms with Crippen LogP contribution in [0, 0.1) is 0 Å². The molecule has 0 amide bonds. The van der Waals surface area contributed by atoms with Gasteiger partial charge in [0.05, 0.1) is 4.90 Å². The third-order valence-corrected chi connectivity index (χ3v) is 3.41. The smallest absolute Gasteiger partial charge is 0.357 e. The molecule has 0 aliphatic rings. The Morgan fingerprint density at radius 3 is 2.00 bits per heavy atom.